The molecule has 0 radical (unpaired) electrons. The zero-order valence-corrected chi connectivity index (χ0v) is 6.62. The van der Waals surface area contributed by atoms with Crippen molar-refractivity contribution < 1.29 is 22.3 Å². The Bertz CT molecular complexity index is 150. The first-order chi connectivity index (χ1) is 5.48. The molecule has 72 valence electrons. The van der Waals surface area contributed by atoms with Crippen molar-refractivity contribution in [2.45, 2.75) is 25.9 Å². The summed E-state index contributed by atoms with van der Waals surface area (Å²) in [4.78, 5) is 0. The minimum atomic E-state index is -4.92. The van der Waals surface area contributed by atoms with E-state index in [0.29, 0.717) is 6.42 Å². The van der Waals surface area contributed by atoms with E-state index < -0.39 is 12.0 Å². The van der Waals surface area contributed by atoms with Gasteiger partial charge in [-0.2, -0.15) is 17.6 Å². The lowest BCUT2D eigenvalue weighted by Gasteiger charge is -2.03. The normalized spacial score (nSPS) is 13.2. The molecule has 0 N–H and O–H groups in total. The molecule has 0 spiro atoms. The van der Waals surface area contributed by atoms with Gasteiger partial charge in [0.25, 0.3) is 0 Å². The van der Waals surface area contributed by atoms with Crippen molar-refractivity contribution in [3.63, 3.8) is 0 Å². The Labute approximate surface area is 68.0 Å². The number of hydrogen-bond acceptors (Lipinski definition) is 1. The highest BCUT2D eigenvalue weighted by Crippen LogP contribution is 2.26. The molecule has 0 heterocycles. The predicted octanol–water partition coefficient (Wildman–Crippen LogP) is 3.18. The Kier molecular flexibility index (Phi) is 4.70. The van der Waals surface area contributed by atoms with Gasteiger partial charge in [0, 0.05) is 0 Å². The third-order valence-electron chi connectivity index (χ3n) is 1.07. The van der Waals surface area contributed by atoms with Gasteiger partial charge in [0.15, 0.2) is 0 Å². The Morgan fingerprint density at radius 3 is 2.42 bits per heavy atom. The Hall–Kier alpha value is -0.740. The van der Waals surface area contributed by atoms with Crippen molar-refractivity contribution in [3.05, 3.63) is 12.1 Å². The van der Waals surface area contributed by atoms with Crippen LogP contribution in [0.1, 0.15) is 19.8 Å². The number of halogens is 4. The zero-order chi connectivity index (χ0) is 9.61. The second-order valence-corrected chi connectivity index (χ2v) is 2.19. The monoisotopic (exact) mass is 186 g/mol. The van der Waals surface area contributed by atoms with Crippen LogP contribution >= 0.6 is 0 Å². The minimum absolute atomic E-state index is 0.107. The number of ether oxygens (including phenoxy) is 1. The van der Waals surface area contributed by atoms with E-state index in [1.807, 2.05) is 6.92 Å². The first kappa shape index (κ1) is 11.3. The first-order valence-electron chi connectivity index (χ1n) is 3.53. The molecule has 12 heavy (non-hydrogen) atoms. The van der Waals surface area contributed by atoms with Crippen molar-refractivity contribution in [1.29, 1.82) is 0 Å². The second kappa shape index (κ2) is 5.00. The lowest BCUT2D eigenvalue weighted by Crippen LogP contribution is -2.08. The molecular formula is C7H10F4O. The highest BCUT2D eigenvalue weighted by atomic mass is 19.4. The van der Waals surface area contributed by atoms with Gasteiger partial charge in [0.2, 0.25) is 5.83 Å². The molecule has 0 saturated carbocycles. The van der Waals surface area contributed by atoms with E-state index in [2.05, 4.69) is 4.74 Å². The molecular weight excluding hydrogens is 176 g/mol. The average molecular weight is 186 g/mol. The summed E-state index contributed by atoms with van der Waals surface area (Å²) >= 11 is 0. The molecule has 0 aromatic carbocycles. The van der Waals surface area contributed by atoms with Gasteiger partial charge in [-0.15, -0.1) is 0 Å². The first-order valence-corrected chi connectivity index (χ1v) is 3.53. The van der Waals surface area contributed by atoms with Crippen LogP contribution in [0.2, 0.25) is 0 Å². The Morgan fingerprint density at radius 2 is 2.00 bits per heavy atom. The molecule has 0 aromatic heterocycles. The summed E-state index contributed by atoms with van der Waals surface area (Å²) < 4.78 is 50.6. The molecule has 0 amide bonds. The Balaban J connectivity index is 3.70. The molecule has 1 nitrogen and oxygen atoms in total. The van der Waals surface area contributed by atoms with Crippen molar-refractivity contribution in [3.8, 4) is 0 Å². The fourth-order valence-corrected chi connectivity index (χ4v) is 0.427. The van der Waals surface area contributed by atoms with Gasteiger partial charge in [-0.1, -0.05) is 13.3 Å². The SMILES string of the molecule is CCCCO/C=C(/F)C(F)(F)F. The summed E-state index contributed by atoms with van der Waals surface area (Å²) in [6, 6.07) is 0. The van der Waals surface area contributed by atoms with Gasteiger partial charge in [0.1, 0.15) is 6.26 Å². The third kappa shape index (κ3) is 4.98. The van der Waals surface area contributed by atoms with Crippen molar-refractivity contribution in [2.75, 3.05) is 6.61 Å². The maximum absolute atomic E-state index is 11.9. The molecule has 5 heteroatoms. The fourth-order valence-electron chi connectivity index (χ4n) is 0.427. The summed E-state index contributed by atoms with van der Waals surface area (Å²) in [5.41, 5.74) is 0. The number of unbranched alkanes of at least 4 members (excludes halogenated alkanes) is 1. The lowest BCUT2D eigenvalue weighted by atomic mass is 10.4. The smallest absolute Gasteiger partial charge is 0.446 e. The largest absolute Gasteiger partial charge is 0.498 e. The number of allylic oxidation sites excluding steroid dienone is 1. The lowest BCUT2D eigenvalue weighted by molar-refractivity contribution is -0.111. The van der Waals surface area contributed by atoms with E-state index in [0.717, 1.165) is 6.42 Å². The Morgan fingerprint density at radius 1 is 1.42 bits per heavy atom. The van der Waals surface area contributed by atoms with Crippen molar-refractivity contribution in [2.24, 2.45) is 0 Å². The average Bonchev–Trinajstić information content (AvgIpc) is 1.96. The molecule has 0 aliphatic heterocycles. The van der Waals surface area contributed by atoms with Crippen LogP contribution in [0.15, 0.2) is 12.1 Å². The van der Waals surface area contributed by atoms with Crippen LogP contribution < -0.4 is 0 Å². The molecule has 0 saturated heterocycles. The highest BCUT2D eigenvalue weighted by Gasteiger charge is 2.35. The zero-order valence-electron chi connectivity index (χ0n) is 6.62. The van der Waals surface area contributed by atoms with Crippen LogP contribution in [0.25, 0.3) is 0 Å². The van der Waals surface area contributed by atoms with Gasteiger partial charge in [-0.25, -0.2) is 0 Å². The molecule has 0 aliphatic carbocycles. The summed E-state index contributed by atoms with van der Waals surface area (Å²) in [6.45, 7) is 1.97. The number of hydrogen-bond donors (Lipinski definition) is 0. The van der Waals surface area contributed by atoms with E-state index in [-0.39, 0.29) is 12.9 Å². The van der Waals surface area contributed by atoms with E-state index in [1.165, 1.54) is 0 Å². The van der Waals surface area contributed by atoms with Crippen LogP contribution in [0.4, 0.5) is 17.6 Å². The molecule has 0 unspecified atom stereocenters. The highest BCUT2D eigenvalue weighted by molar-refractivity contribution is 4.93. The van der Waals surface area contributed by atoms with Gasteiger partial charge in [-0.3, -0.25) is 0 Å². The maximum Gasteiger partial charge on any atom is 0.446 e. The van der Waals surface area contributed by atoms with E-state index in [4.69, 9.17) is 0 Å². The molecule has 0 aromatic rings. The maximum atomic E-state index is 11.9. The number of alkyl halides is 3. The fraction of sp³-hybridized carbons (Fsp3) is 0.714. The molecule has 0 bridgehead atoms. The number of rotatable bonds is 4. The predicted molar refractivity (Wildman–Crippen MR) is 36.1 cm³/mol. The molecule has 0 aliphatic rings. The van der Waals surface area contributed by atoms with Crippen molar-refractivity contribution >= 4 is 0 Å². The topological polar surface area (TPSA) is 9.23 Å². The van der Waals surface area contributed by atoms with Crippen LogP contribution in [0.5, 0.6) is 0 Å². The van der Waals surface area contributed by atoms with Gasteiger partial charge >= 0.3 is 6.18 Å². The van der Waals surface area contributed by atoms with E-state index >= 15 is 0 Å². The van der Waals surface area contributed by atoms with Crippen LogP contribution in [-0.2, 0) is 4.74 Å². The minimum Gasteiger partial charge on any atom is -0.498 e. The molecule has 0 fully saturated rings. The summed E-state index contributed by atoms with van der Waals surface area (Å²) in [7, 11) is 0. The summed E-state index contributed by atoms with van der Waals surface area (Å²) in [5, 5.41) is 0. The van der Waals surface area contributed by atoms with Crippen LogP contribution in [0, 0.1) is 0 Å². The van der Waals surface area contributed by atoms with E-state index in [1.54, 1.807) is 0 Å². The van der Waals surface area contributed by atoms with Crippen molar-refractivity contribution in [1.82, 2.24) is 0 Å². The van der Waals surface area contributed by atoms with Crippen LogP contribution in [-0.4, -0.2) is 12.8 Å². The van der Waals surface area contributed by atoms with Gasteiger partial charge < -0.3 is 4.74 Å². The third-order valence-corrected chi connectivity index (χ3v) is 1.07. The quantitative estimate of drug-likeness (QED) is 0.372. The standard InChI is InChI=1S/C7H10F4O/c1-2-3-4-12-5-6(8)7(9,10)11/h5H,2-4H2,1H3/b6-5+. The summed E-state index contributed by atoms with van der Waals surface area (Å²) in [5.74, 6) is -2.20. The molecule has 0 rings (SSSR count). The van der Waals surface area contributed by atoms with Gasteiger partial charge in [-0.05, 0) is 6.42 Å². The summed E-state index contributed by atoms with van der Waals surface area (Å²) in [6.07, 6.45) is -3.41. The van der Waals surface area contributed by atoms with Gasteiger partial charge in [0.05, 0.1) is 6.61 Å². The van der Waals surface area contributed by atoms with E-state index in [9.17, 15) is 17.6 Å². The second-order valence-electron chi connectivity index (χ2n) is 2.19. The molecule has 0 atom stereocenters. The van der Waals surface area contributed by atoms with Crippen LogP contribution in [0.3, 0.4) is 0 Å².